The van der Waals surface area contributed by atoms with Gasteiger partial charge in [0, 0.05) is 19.2 Å². The highest BCUT2D eigenvalue weighted by Gasteiger charge is 2.31. The smallest absolute Gasteiger partial charge is 0.226 e. The summed E-state index contributed by atoms with van der Waals surface area (Å²) < 4.78 is 0. The fraction of sp³-hybridized carbons (Fsp3) is 0.440. The molecule has 3 rings (SSSR count). The molecule has 29 heavy (non-hydrogen) atoms. The molecule has 1 heterocycles. The van der Waals surface area contributed by atoms with E-state index in [2.05, 4.69) is 57.3 Å². The van der Waals surface area contributed by atoms with E-state index in [0.29, 0.717) is 18.4 Å². The highest BCUT2D eigenvalue weighted by atomic mass is 16.2. The van der Waals surface area contributed by atoms with Crippen molar-refractivity contribution in [3.63, 3.8) is 0 Å². The third-order valence-corrected chi connectivity index (χ3v) is 5.83. The Bertz CT molecular complexity index is 875. The summed E-state index contributed by atoms with van der Waals surface area (Å²) in [6.07, 6.45) is 1.10. The summed E-state index contributed by atoms with van der Waals surface area (Å²) in [7, 11) is 0. The van der Waals surface area contributed by atoms with Gasteiger partial charge in [0.2, 0.25) is 11.8 Å². The number of hydrogen-bond donors (Lipinski definition) is 1. The molecule has 2 aromatic rings. The van der Waals surface area contributed by atoms with Crippen LogP contribution in [0, 0.1) is 0 Å². The van der Waals surface area contributed by atoms with E-state index in [0.717, 1.165) is 28.8 Å². The Morgan fingerprint density at radius 2 is 1.62 bits per heavy atom. The Morgan fingerprint density at radius 1 is 1.00 bits per heavy atom. The molecule has 0 aromatic heterocycles. The fourth-order valence-electron chi connectivity index (χ4n) is 4.31. The van der Waals surface area contributed by atoms with E-state index in [-0.39, 0.29) is 24.3 Å². The number of rotatable bonds is 5. The molecule has 1 unspecified atom stereocenters. The first-order valence-electron chi connectivity index (χ1n) is 10.6. The Morgan fingerprint density at radius 3 is 2.21 bits per heavy atom. The molecule has 0 bridgehead atoms. The third-order valence-electron chi connectivity index (χ3n) is 5.83. The Kier molecular flexibility index (Phi) is 6.41. The molecule has 0 radical (unpaired) electrons. The molecular weight excluding hydrogens is 360 g/mol. The highest BCUT2D eigenvalue weighted by molar-refractivity contribution is 5.93. The second kappa shape index (κ2) is 8.81. The van der Waals surface area contributed by atoms with Gasteiger partial charge in [-0.15, -0.1) is 0 Å². The molecule has 2 aromatic carbocycles. The molecule has 0 aliphatic carbocycles. The Balaban J connectivity index is 1.90. The van der Waals surface area contributed by atoms with Crippen LogP contribution in [0.25, 0.3) is 0 Å². The predicted octanol–water partition coefficient (Wildman–Crippen LogP) is 5.41. The van der Waals surface area contributed by atoms with E-state index in [1.807, 2.05) is 23.1 Å². The average Bonchev–Trinajstić information content (AvgIpc) is 2.67. The molecule has 1 aliphatic heterocycles. The number of benzene rings is 2. The van der Waals surface area contributed by atoms with Gasteiger partial charge in [-0.2, -0.15) is 0 Å². The molecule has 0 saturated heterocycles. The van der Waals surface area contributed by atoms with E-state index in [9.17, 15) is 9.59 Å². The zero-order chi connectivity index (χ0) is 21.1. The van der Waals surface area contributed by atoms with Crippen molar-refractivity contribution in [1.82, 2.24) is 4.90 Å². The van der Waals surface area contributed by atoms with Gasteiger partial charge < -0.3 is 10.2 Å². The number of fused-ring (bicyclic) bond motifs is 1. The Labute approximate surface area is 174 Å². The van der Waals surface area contributed by atoms with Gasteiger partial charge >= 0.3 is 0 Å². The number of para-hydroxylation sites is 1. The highest BCUT2D eigenvalue weighted by Crippen LogP contribution is 2.35. The Hall–Kier alpha value is -2.62. The standard InChI is InChI=1S/C25H32N2O2/c1-16(2)20-11-8-12-21(17(3)4)25(20)26-24(29)15-23-22-10-7-6-9-19(22)13-14-27(23)18(5)28/h6-12,16-17,23H,13-15H2,1-5H3,(H,26,29). The molecule has 0 spiro atoms. The van der Waals surface area contributed by atoms with Gasteiger partial charge in [-0.25, -0.2) is 0 Å². The van der Waals surface area contributed by atoms with Crippen molar-refractivity contribution in [3.05, 3.63) is 64.7 Å². The molecule has 0 saturated carbocycles. The minimum absolute atomic E-state index is 0.0164. The maximum Gasteiger partial charge on any atom is 0.226 e. The topological polar surface area (TPSA) is 49.4 Å². The van der Waals surface area contributed by atoms with E-state index < -0.39 is 0 Å². The van der Waals surface area contributed by atoms with E-state index >= 15 is 0 Å². The van der Waals surface area contributed by atoms with Gasteiger partial charge in [-0.05, 0) is 40.5 Å². The van der Waals surface area contributed by atoms with Gasteiger partial charge in [-0.3, -0.25) is 9.59 Å². The average molecular weight is 393 g/mol. The first-order chi connectivity index (χ1) is 13.8. The maximum atomic E-state index is 13.2. The van der Waals surface area contributed by atoms with Crippen LogP contribution in [-0.4, -0.2) is 23.3 Å². The van der Waals surface area contributed by atoms with Crippen LogP contribution in [0.4, 0.5) is 5.69 Å². The summed E-state index contributed by atoms with van der Waals surface area (Å²) in [6, 6.07) is 14.2. The predicted molar refractivity (Wildman–Crippen MR) is 118 cm³/mol. The lowest BCUT2D eigenvalue weighted by Crippen LogP contribution is -2.40. The molecule has 2 amide bonds. The lowest BCUT2D eigenvalue weighted by molar-refractivity contribution is -0.132. The lowest BCUT2D eigenvalue weighted by Gasteiger charge is -2.36. The van der Waals surface area contributed by atoms with Crippen molar-refractivity contribution in [2.24, 2.45) is 0 Å². The van der Waals surface area contributed by atoms with Crippen LogP contribution in [0.15, 0.2) is 42.5 Å². The quantitative estimate of drug-likeness (QED) is 0.740. The fourth-order valence-corrected chi connectivity index (χ4v) is 4.31. The first kappa shape index (κ1) is 21.1. The molecule has 1 atom stereocenters. The number of nitrogens with one attached hydrogen (secondary N) is 1. The zero-order valence-corrected chi connectivity index (χ0v) is 18.2. The van der Waals surface area contributed by atoms with Crippen LogP contribution in [0.5, 0.6) is 0 Å². The minimum atomic E-state index is -0.217. The molecule has 1 aliphatic rings. The van der Waals surface area contributed by atoms with Crippen molar-refractivity contribution in [2.45, 2.75) is 65.3 Å². The van der Waals surface area contributed by atoms with E-state index in [4.69, 9.17) is 0 Å². The van der Waals surface area contributed by atoms with Crippen molar-refractivity contribution in [2.75, 3.05) is 11.9 Å². The van der Waals surface area contributed by atoms with Crippen LogP contribution in [0.2, 0.25) is 0 Å². The van der Waals surface area contributed by atoms with Crippen LogP contribution < -0.4 is 5.32 Å². The van der Waals surface area contributed by atoms with Gasteiger partial charge in [0.25, 0.3) is 0 Å². The largest absolute Gasteiger partial charge is 0.335 e. The second-order valence-electron chi connectivity index (χ2n) is 8.55. The number of anilines is 1. The maximum absolute atomic E-state index is 13.2. The zero-order valence-electron chi connectivity index (χ0n) is 18.2. The third kappa shape index (κ3) is 4.52. The summed E-state index contributed by atoms with van der Waals surface area (Å²) in [5, 5.41) is 3.20. The number of carbonyl (C=O) groups is 2. The van der Waals surface area contributed by atoms with Gasteiger partial charge in [-0.1, -0.05) is 70.2 Å². The van der Waals surface area contributed by atoms with Gasteiger partial charge in [0.15, 0.2) is 0 Å². The van der Waals surface area contributed by atoms with E-state index in [1.54, 1.807) is 6.92 Å². The van der Waals surface area contributed by atoms with Crippen LogP contribution in [0.1, 0.15) is 81.2 Å². The van der Waals surface area contributed by atoms with Crippen LogP contribution in [-0.2, 0) is 16.0 Å². The first-order valence-corrected chi connectivity index (χ1v) is 10.6. The van der Waals surface area contributed by atoms with Crippen molar-refractivity contribution in [1.29, 1.82) is 0 Å². The van der Waals surface area contributed by atoms with Gasteiger partial charge in [0.1, 0.15) is 0 Å². The number of amides is 2. The van der Waals surface area contributed by atoms with Gasteiger partial charge in [0.05, 0.1) is 12.5 Å². The molecule has 1 N–H and O–H groups in total. The second-order valence-corrected chi connectivity index (χ2v) is 8.55. The summed E-state index contributed by atoms with van der Waals surface area (Å²) in [5.74, 6) is 0.594. The summed E-state index contributed by atoms with van der Waals surface area (Å²) in [6.45, 7) is 10.8. The summed E-state index contributed by atoms with van der Waals surface area (Å²) >= 11 is 0. The number of nitrogens with zero attached hydrogens (tertiary/aromatic N) is 1. The van der Waals surface area contributed by atoms with E-state index in [1.165, 1.54) is 5.56 Å². The van der Waals surface area contributed by atoms with Crippen molar-refractivity contribution >= 4 is 17.5 Å². The van der Waals surface area contributed by atoms with Crippen molar-refractivity contribution in [3.8, 4) is 0 Å². The molecule has 0 fully saturated rings. The minimum Gasteiger partial charge on any atom is -0.335 e. The lowest BCUT2D eigenvalue weighted by atomic mass is 9.90. The van der Waals surface area contributed by atoms with Crippen molar-refractivity contribution < 1.29 is 9.59 Å². The summed E-state index contributed by atoms with van der Waals surface area (Å²) in [5.41, 5.74) is 5.55. The normalized spacial score (nSPS) is 16.1. The SMILES string of the molecule is CC(=O)N1CCc2ccccc2C1CC(=O)Nc1c(C(C)C)cccc1C(C)C. The molecule has 4 heteroatoms. The summed E-state index contributed by atoms with van der Waals surface area (Å²) in [4.78, 5) is 27.2. The molecular formula is C25H32N2O2. The number of carbonyl (C=O) groups excluding carboxylic acids is 2. The monoisotopic (exact) mass is 392 g/mol. The molecule has 154 valence electrons. The van der Waals surface area contributed by atoms with Crippen LogP contribution >= 0.6 is 0 Å². The number of hydrogen-bond acceptors (Lipinski definition) is 2. The van der Waals surface area contributed by atoms with Crippen LogP contribution in [0.3, 0.4) is 0 Å². The molecule has 4 nitrogen and oxygen atoms in total.